The normalized spacial score (nSPS) is 10.8. The molecule has 6 heteroatoms. The number of rotatable bonds is 12. The Bertz CT molecular complexity index is 488. The summed E-state index contributed by atoms with van der Waals surface area (Å²) in [5.74, 6) is 3.98. The van der Waals surface area contributed by atoms with E-state index in [0.29, 0.717) is 45.1 Å². The van der Waals surface area contributed by atoms with Gasteiger partial charge >= 0.3 is 5.97 Å². The number of ether oxygens (including phenoxy) is 1. The first-order valence-electron chi connectivity index (χ1n) is 8.14. The van der Waals surface area contributed by atoms with Crippen LogP contribution in [0.2, 0.25) is 0 Å². The van der Waals surface area contributed by atoms with Crippen molar-refractivity contribution in [2.75, 3.05) is 13.2 Å². The van der Waals surface area contributed by atoms with Gasteiger partial charge in [-0.3, -0.25) is 9.59 Å². The number of nitrogens with one attached hydrogen (secondary N) is 2. The maximum atomic E-state index is 11.9. The molecular weight excluding hydrogens is 308 g/mol. The largest absolute Gasteiger partial charge is 0.464 e. The number of esters is 1. The SMILES string of the molecule is C#CCCC(=O)NCCCC[C@H](NC(=O)CCC#C)C(=O)OCC. The van der Waals surface area contributed by atoms with E-state index in [0.717, 1.165) is 0 Å². The molecule has 24 heavy (non-hydrogen) atoms. The van der Waals surface area contributed by atoms with Crippen LogP contribution in [0.25, 0.3) is 0 Å². The van der Waals surface area contributed by atoms with Gasteiger partial charge in [0.25, 0.3) is 0 Å². The predicted molar refractivity (Wildman–Crippen MR) is 91.6 cm³/mol. The Labute approximate surface area is 144 Å². The van der Waals surface area contributed by atoms with Crippen LogP contribution in [-0.4, -0.2) is 37.0 Å². The van der Waals surface area contributed by atoms with Gasteiger partial charge in [-0.2, -0.15) is 0 Å². The van der Waals surface area contributed by atoms with Gasteiger partial charge < -0.3 is 15.4 Å². The first-order valence-corrected chi connectivity index (χ1v) is 8.14. The van der Waals surface area contributed by atoms with Crippen molar-refractivity contribution in [2.45, 2.75) is 57.9 Å². The fraction of sp³-hybridized carbons (Fsp3) is 0.611. The molecule has 0 aliphatic heterocycles. The monoisotopic (exact) mass is 334 g/mol. The average Bonchev–Trinajstić information content (AvgIpc) is 2.56. The van der Waals surface area contributed by atoms with Crippen molar-refractivity contribution < 1.29 is 19.1 Å². The molecule has 2 N–H and O–H groups in total. The van der Waals surface area contributed by atoms with E-state index >= 15 is 0 Å². The zero-order valence-corrected chi connectivity index (χ0v) is 14.2. The summed E-state index contributed by atoms with van der Waals surface area (Å²) in [4.78, 5) is 35.0. The number of carbonyl (C=O) groups excluding carboxylic acids is 3. The van der Waals surface area contributed by atoms with Gasteiger partial charge in [0.15, 0.2) is 0 Å². The zero-order valence-electron chi connectivity index (χ0n) is 14.2. The number of hydrogen-bond donors (Lipinski definition) is 2. The van der Waals surface area contributed by atoms with Gasteiger partial charge in [-0.15, -0.1) is 24.7 Å². The summed E-state index contributed by atoms with van der Waals surface area (Å²) >= 11 is 0. The Morgan fingerprint density at radius 2 is 1.67 bits per heavy atom. The molecule has 0 unspecified atom stereocenters. The van der Waals surface area contributed by atoms with E-state index in [-0.39, 0.29) is 24.8 Å². The van der Waals surface area contributed by atoms with Crippen molar-refractivity contribution in [3.05, 3.63) is 0 Å². The zero-order chi connectivity index (χ0) is 18.2. The van der Waals surface area contributed by atoms with Gasteiger partial charge in [0.05, 0.1) is 6.61 Å². The molecule has 0 rings (SSSR count). The molecule has 0 radical (unpaired) electrons. The lowest BCUT2D eigenvalue weighted by Crippen LogP contribution is -2.41. The van der Waals surface area contributed by atoms with Crippen LogP contribution in [-0.2, 0) is 19.1 Å². The Hall–Kier alpha value is -2.47. The third-order valence-corrected chi connectivity index (χ3v) is 3.14. The van der Waals surface area contributed by atoms with Gasteiger partial charge in [-0.05, 0) is 26.2 Å². The molecule has 0 bridgehead atoms. The van der Waals surface area contributed by atoms with E-state index in [4.69, 9.17) is 17.6 Å². The summed E-state index contributed by atoms with van der Waals surface area (Å²) in [6.45, 7) is 2.46. The van der Waals surface area contributed by atoms with E-state index < -0.39 is 12.0 Å². The smallest absolute Gasteiger partial charge is 0.328 e. The standard InChI is InChI=1S/C18H26N2O4/c1-4-7-12-16(21)19-14-10-9-11-15(18(23)24-6-3)20-17(22)13-8-5-2/h1-2,15H,6-14H2,3H3,(H,19,21)(H,20,22)/t15-/m0/s1. The summed E-state index contributed by atoms with van der Waals surface area (Å²) in [6.07, 6.45) is 13.2. The van der Waals surface area contributed by atoms with Crippen LogP contribution in [0.15, 0.2) is 0 Å². The maximum Gasteiger partial charge on any atom is 0.328 e. The quantitative estimate of drug-likeness (QED) is 0.318. The lowest BCUT2D eigenvalue weighted by molar-refractivity contribution is -0.147. The molecule has 0 aliphatic rings. The Morgan fingerprint density at radius 3 is 2.25 bits per heavy atom. The maximum absolute atomic E-state index is 11.9. The van der Waals surface area contributed by atoms with Crippen LogP contribution in [0.4, 0.5) is 0 Å². The molecule has 0 aromatic heterocycles. The van der Waals surface area contributed by atoms with Gasteiger partial charge in [-0.25, -0.2) is 4.79 Å². The Kier molecular flexibility index (Phi) is 12.7. The number of carbonyl (C=O) groups is 3. The van der Waals surface area contributed by atoms with Crippen molar-refractivity contribution >= 4 is 17.8 Å². The van der Waals surface area contributed by atoms with Crippen molar-refractivity contribution in [1.82, 2.24) is 10.6 Å². The van der Waals surface area contributed by atoms with Crippen molar-refractivity contribution in [2.24, 2.45) is 0 Å². The summed E-state index contributed by atoms with van der Waals surface area (Å²) in [7, 11) is 0. The topological polar surface area (TPSA) is 84.5 Å². The van der Waals surface area contributed by atoms with E-state index in [1.165, 1.54) is 0 Å². The van der Waals surface area contributed by atoms with Gasteiger partial charge in [-0.1, -0.05) is 0 Å². The first-order chi connectivity index (χ1) is 11.5. The molecule has 0 saturated heterocycles. The number of terminal acetylenes is 2. The van der Waals surface area contributed by atoms with Crippen molar-refractivity contribution in [3.8, 4) is 24.7 Å². The van der Waals surface area contributed by atoms with Crippen LogP contribution in [0.1, 0.15) is 51.9 Å². The van der Waals surface area contributed by atoms with Crippen molar-refractivity contribution in [1.29, 1.82) is 0 Å². The Morgan fingerprint density at radius 1 is 1.04 bits per heavy atom. The minimum absolute atomic E-state index is 0.0857. The second-order valence-electron chi connectivity index (χ2n) is 5.13. The molecule has 1 atom stereocenters. The number of hydrogen-bond acceptors (Lipinski definition) is 4. The van der Waals surface area contributed by atoms with E-state index in [1.807, 2.05) is 0 Å². The molecule has 0 saturated carbocycles. The molecular formula is C18H26N2O4. The Balaban J connectivity index is 4.15. The predicted octanol–water partition coefficient (Wildman–Crippen LogP) is 1.15. The minimum Gasteiger partial charge on any atom is -0.464 e. The van der Waals surface area contributed by atoms with Crippen LogP contribution in [0.3, 0.4) is 0 Å². The molecule has 0 heterocycles. The summed E-state index contributed by atoms with van der Waals surface area (Å²) in [5.41, 5.74) is 0. The van der Waals surface area contributed by atoms with E-state index in [9.17, 15) is 14.4 Å². The van der Waals surface area contributed by atoms with E-state index in [1.54, 1.807) is 6.92 Å². The summed E-state index contributed by atoms with van der Waals surface area (Å²) < 4.78 is 4.97. The molecule has 0 aliphatic carbocycles. The third-order valence-electron chi connectivity index (χ3n) is 3.14. The summed E-state index contributed by atoms with van der Waals surface area (Å²) in [6, 6.07) is -0.688. The van der Waals surface area contributed by atoms with Crippen LogP contribution in [0.5, 0.6) is 0 Å². The molecule has 2 amide bonds. The number of amides is 2. The third kappa shape index (κ3) is 11.1. The second-order valence-corrected chi connectivity index (χ2v) is 5.13. The van der Waals surface area contributed by atoms with Gasteiger partial charge in [0, 0.05) is 32.2 Å². The van der Waals surface area contributed by atoms with E-state index in [2.05, 4.69) is 22.5 Å². The highest BCUT2D eigenvalue weighted by Crippen LogP contribution is 2.04. The highest BCUT2D eigenvalue weighted by molar-refractivity contribution is 5.84. The lowest BCUT2D eigenvalue weighted by Gasteiger charge is -2.17. The molecule has 6 nitrogen and oxygen atoms in total. The van der Waals surface area contributed by atoms with Crippen LogP contribution >= 0.6 is 0 Å². The second kappa shape index (κ2) is 14.1. The van der Waals surface area contributed by atoms with Gasteiger partial charge in [0.1, 0.15) is 6.04 Å². The molecule has 0 aromatic carbocycles. The minimum atomic E-state index is -0.688. The fourth-order valence-corrected chi connectivity index (χ4v) is 1.92. The molecule has 0 spiro atoms. The average molecular weight is 334 g/mol. The summed E-state index contributed by atoms with van der Waals surface area (Å²) in [5, 5.41) is 5.40. The molecule has 132 valence electrons. The van der Waals surface area contributed by atoms with Gasteiger partial charge in [0.2, 0.25) is 11.8 Å². The first kappa shape index (κ1) is 21.5. The fourth-order valence-electron chi connectivity index (χ4n) is 1.92. The molecule has 0 aromatic rings. The molecule has 0 fully saturated rings. The lowest BCUT2D eigenvalue weighted by atomic mass is 10.1. The highest BCUT2D eigenvalue weighted by Gasteiger charge is 2.21. The highest BCUT2D eigenvalue weighted by atomic mass is 16.5. The van der Waals surface area contributed by atoms with Crippen LogP contribution < -0.4 is 10.6 Å². The van der Waals surface area contributed by atoms with Crippen LogP contribution in [0, 0.1) is 24.7 Å². The number of unbranched alkanes of at least 4 members (excludes halogenated alkanes) is 1. The van der Waals surface area contributed by atoms with Crippen molar-refractivity contribution in [3.63, 3.8) is 0 Å².